The summed E-state index contributed by atoms with van der Waals surface area (Å²) in [6.07, 6.45) is 0.941. The molecule has 0 radical (unpaired) electrons. The Morgan fingerprint density at radius 2 is 1.95 bits per heavy atom. The molecule has 0 aliphatic rings. The van der Waals surface area contributed by atoms with E-state index in [4.69, 9.17) is 11.6 Å². The van der Waals surface area contributed by atoms with Gasteiger partial charge in [-0.25, -0.2) is 4.39 Å². The standard InChI is InChI=1S/C13H14BrClFN5/c1-3-4-17-12-19-11(15)20-13(21-12)18-10-6-8(14)9(16)5-7(10)2/h5-6H,3-4H2,1-2H3,(H2,17,18,19,20,21). The molecular weight excluding hydrogens is 361 g/mol. The van der Waals surface area contributed by atoms with Gasteiger partial charge in [0.15, 0.2) is 0 Å². The number of rotatable bonds is 5. The summed E-state index contributed by atoms with van der Waals surface area (Å²) in [5.41, 5.74) is 1.42. The van der Waals surface area contributed by atoms with E-state index in [1.165, 1.54) is 6.07 Å². The minimum absolute atomic E-state index is 0.0879. The normalized spacial score (nSPS) is 10.5. The lowest BCUT2D eigenvalue weighted by molar-refractivity contribution is 0.620. The van der Waals surface area contributed by atoms with E-state index in [0.29, 0.717) is 22.1 Å². The van der Waals surface area contributed by atoms with Crippen molar-refractivity contribution in [3.05, 3.63) is 33.3 Å². The molecule has 8 heteroatoms. The van der Waals surface area contributed by atoms with E-state index in [2.05, 4.69) is 41.5 Å². The van der Waals surface area contributed by atoms with Gasteiger partial charge in [-0.3, -0.25) is 0 Å². The zero-order valence-corrected chi connectivity index (χ0v) is 13.9. The van der Waals surface area contributed by atoms with Gasteiger partial charge in [-0.15, -0.1) is 0 Å². The molecule has 0 unspecified atom stereocenters. The van der Waals surface area contributed by atoms with Gasteiger partial charge in [-0.2, -0.15) is 15.0 Å². The van der Waals surface area contributed by atoms with Crippen LogP contribution in [0.15, 0.2) is 16.6 Å². The van der Waals surface area contributed by atoms with Crippen LogP contribution in [0, 0.1) is 12.7 Å². The van der Waals surface area contributed by atoms with Gasteiger partial charge < -0.3 is 10.6 Å². The van der Waals surface area contributed by atoms with Gasteiger partial charge in [0.2, 0.25) is 17.2 Å². The Kier molecular flexibility index (Phi) is 5.30. The topological polar surface area (TPSA) is 62.7 Å². The van der Waals surface area contributed by atoms with E-state index in [9.17, 15) is 4.39 Å². The van der Waals surface area contributed by atoms with Crippen LogP contribution in [-0.2, 0) is 0 Å². The van der Waals surface area contributed by atoms with Crippen molar-refractivity contribution in [3.63, 3.8) is 0 Å². The summed E-state index contributed by atoms with van der Waals surface area (Å²) in [6.45, 7) is 4.56. The number of hydrogen-bond donors (Lipinski definition) is 2. The highest BCUT2D eigenvalue weighted by atomic mass is 79.9. The van der Waals surface area contributed by atoms with Crippen molar-refractivity contribution in [1.82, 2.24) is 15.0 Å². The first kappa shape index (κ1) is 15.9. The molecule has 2 rings (SSSR count). The molecule has 0 atom stereocenters. The van der Waals surface area contributed by atoms with Crippen LogP contribution in [0.5, 0.6) is 0 Å². The monoisotopic (exact) mass is 373 g/mol. The molecule has 112 valence electrons. The highest BCUT2D eigenvalue weighted by molar-refractivity contribution is 9.10. The second kappa shape index (κ2) is 7.00. The molecule has 1 aromatic carbocycles. The van der Waals surface area contributed by atoms with E-state index in [1.807, 2.05) is 6.92 Å². The van der Waals surface area contributed by atoms with Crippen molar-refractivity contribution >= 4 is 45.1 Å². The largest absolute Gasteiger partial charge is 0.354 e. The number of anilines is 3. The predicted molar refractivity (Wildman–Crippen MR) is 85.7 cm³/mol. The van der Waals surface area contributed by atoms with Crippen molar-refractivity contribution in [2.45, 2.75) is 20.3 Å². The van der Waals surface area contributed by atoms with Gasteiger partial charge in [0.05, 0.1) is 4.47 Å². The molecule has 0 fully saturated rings. The molecule has 0 bridgehead atoms. The second-order valence-electron chi connectivity index (χ2n) is 4.38. The molecular formula is C13H14BrClFN5. The van der Waals surface area contributed by atoms with E-state index < -0.39 is 0 Å². The first-order chi connectivity index (χ1) is 9.99. The fourth-order valence-electron chi connectivity index (χ4n) is 1.62. The Balaban J connectivity index is 2.27. The highest BCUT2D eigenvalue weighted by Crippen LogP contribution is 2.26. The van der Waals surface area contributed by atoms with E-state index in [-0.39, 0.29) is 11.1 Å². The summed E-state index contributed by atoms with van der Waals surface area (Å²) in [5, 5.41) is 6.14. The Morgan fingerprint density at radius 1 is 1.24 bits per heavy atom. The van der Waals surface area contributed by atoms with Crippen LogP contribution in [-0.4, -0.2) is 21.5 Å². The third-order valence-electron chi connectivity index (χ3n) is 2.65. The zero-order chi connectivity index (χ0) is 15.4. The van der Waals surface area contributed by atoms with Crippen molar-refractivity contribution in [3.8, 4) is 0 Å². The van der Waals surface area contributed by atoms with Crippen molar-refractivity contribution in [2.24, 2.45) is 0 Å². The minimum Gasteiger partial charge on any atom is -0.354 e. The molecule has 0 saturated heterocycles. The van der Waals surface area contributed by atoms with Gasteiger partial charge in [-0.1, -0.05) is 6.92 Å². The molecule has 0 amide bonds. The van der Waals surface area contributed by atoms with Gasteiger partial charge in [0.1, 0.15) is 5.82 Å². The van der Waals surface area contributed by atoms with Crippen LogP contribution in [0.1, 0.15) is 18.9 Å². The molecule has 21 heavy (non-hydrogen) atoms. The number of aromatic nitrogens is 3. The molecule has 1 heterocycles. The lowest BCUT2D eigenvalue weighted by Gasteiger charge is -2.10. The van der Waals surface area contributed by atoms with E-state index in [1.54, 1.807) is 13.0 Å². The molecule has 1 aromatic heterocycles. The number of halogens is 3. The fraction of sp³-hybridized carbons (Fsp3) is 0.308. The molecule has 0 aliphatic heterocycles. The number of benzene rings is 1. The average molecular weight is 375 g/mol. The maximum absolute atomic E-state index is 13.4. The van der Waals surface area contributed by atoms with Crippen LogP contribution in [0.4, 0.5) is 22.0 Å². The summed E-state index contributed by atoms with van der Waals surface area (Å²) >= 11 is 9.03. The number of hydrogen-bond acceptors (Lipinski definition) is 5. The Morgan fingerprint density at radius 3 is 2.67 bits per heavy atom. The van der Waals surface area contributed by atoms with Gasteiger partial charge in [0.25, 0.3) is 0 Å². The van der Waals surface area contributed by atoms with E-state index in [0.717, 1.165) is 18.5 Å². The summed E-state index contributed by atoms with van der Waals surface area (Å²) in [4.78, 5) is 12.2. The first-order valence-electron chi connectivity index (χ1n) is 6.37. The van der Waals surface area contributed by atoms with Gasteiger partial charge in [-0.05, 0) is 58.6 Å². The van der Waals surface area contributed by atoms with E-state index >= 15 is 0 Å². The smallest absolute Gasteiger partial charge is 0.233 e. The highest BCUT2D eigenvalue weighted by Gasteiger charge is 2.09. The van der Waals surface area contributed by atoms with Crippen LogP contribution >= 0.6 is 27.5 Å². The van der Waals surface area contributed by atoms with Gasteiger partial charge >= 0.3 is 0 Å². The lowest BCUT2D eigenvalue weighted by Crippen LogP contribution is -2.08. The molecule has 5 nitrogen and oxygen atoms in total. The third kappa shape index (κ3) is 4.25. The SMILES string of the molecule is CCCNc1nc(Cl)nc(Nc2cc(Br)c(F)cc2C)n1. The molecule has 0 saturated carbocycles. The Hall–Kier alpha value is -1.47. The Labute approximate surface area is 135 Å². The summed E-state index contributed by atoms with van der Waals surface area (Å²) in [7, 11) is 0. The number of nitrogens with zero attached hydrogens (tertiary/aromatic N) is 3. The maximum atomic E-state index is 13.4. The number of aryl methyl sites for hydroxylation is 1. The van der Waals surface area contributed by atoms with Crippen molar-refractivity contribution in [2.75, 3.05) is 17.2 Å². The summed E-state index contributed by atoms with van der Waals surface area (Å²) < 4.78 is 13.8. The fourth-order valence-corrected chi connectivity index (χ4v) is 2.13. The van der Waals surface area contributed by atoms with Crippen LogP contribution in [0.2, 0.25) is 5.28 Å². The third-order valence-corrected chi connectivity index (χ3v) is 3.43. The first-order valence-corrected chi connectivity index (χ1v) is 7.54. The Bertz CT molecular complexity index is 653. The molecule has 0 spiro atoms. The molecule has 0 aliphatic carbocycles. The van der Waals surface area contributed by atoms with Gasteiger partial charge in [0, 0.05) is 12.2 Å². The van der Waals surface area contributed by atoms with Crippen molar-refractivity contribution < 1.29 is 4.39 Å². The summed E-state index contributed by atoms with van der Waals surface area (Å²) in [6, 6.07) is 3.05. The number of nitrogens with one attached hydrogen (secondary N) is 2. The van der Waals surface area contributed by atoms with Crippen LogP contribution < -0.4 is 10.6 Å². The second-order valence-corrected chi connectivity index (χ2v) is 5.58. The molecule has 2 N–H and O–H groups in total. The van der Waals surface area contributed by atoms with Crippen LogP contribution in [0.3, 0.4) is 0 Å². The maximum Gasteiger partial charge on any atom is 0.233 e. The lowest BCUT2D eigenvalue weighted by atomic mass is 10.2. The minimum atomic E-state index is -0.322. The predicted octanol–water partition coefficient (Wildman–Crippen LogP) is 4.30. The quantitative estimate of drug-likeness (QED) is 0.817. The summed E-state index contributed by atoms with van der Waals surface area (Å²) in [5.74, 6) is 0.380. The zero-order valence-electron chi connectivity index (χ0n) is 11.5. The van der Waals surface area contributed by atoms with Crippen molar-refractivity contribution in [1.29, 1.82) is 0 Å². The van der Waals surface area contributed by atoms with Crippen LogP contribution in [0.25, 0.3) is 0 Å². The average Bonchev–Trinajstić information content (AvgIpc) is 2.42. The molecule has 2 aromatic rings.